The number of hydrogen-bond donors (Lipinski definition) is 0. The van der Waals surface area contributed by atoms with Crippen LogP contribution in [0.1, 0.15) is 0 Å². The molecule has 0 unspecified atom stereocenters. The predicted molar refractivity (Wildman–Crippen MR) is 39.6 cm³/mol. The summed E-state index contributed by atoms with van der Waals surface area (Å²) >= 11 is 1.33. The monoisotopic (exact) mass is 298 g/mol. The zero-order chi connectivity index (χ0) is 2.00. The Labute approximate surface area is 127 Å². The summed E-state index contributed by atoms with van der Waals surface area (Å²) in [4.78, 5) is 0. The quantitative estimate of drug-likeness (QED) is 0.248. The number of rotatable bonds is 0. The number of hydrogen-bond acceptors (Lipinski definition) is 4. The van der Waals surface area contributed by atoms with Gasteiger partial charge in [0.25, 0.3) is 0 Å². The Morgan fingerprint density at radius 1 is 0.714 bits per heavy atom. The third-order valence-electron chi connectivity index (χ3n) is 0. The Morgan fingerprint density at radius 3 is 0.714 bits per heavy atom. The van der Waals surface area contributed by atoms with Gasteiger partial charge in [-0.1, -0.05) is 0 Å². The molecular weight excluding hydrogens is 296 g/mol. The molecule has 0 N–H and O–H groups in total. The Bertz CT molecular complexity index is 9.65. The van der Waals surface area contributed by atoms with Crippen LogP contribution in [-0.2, 0) is 40.5 Å². The van der Waals surface area contributed by atoms with Crippen molar-refractivity contribution in [2.24, 2.45) is 0 Å². The molecule has 1 radical (unpaired) electrons. The maximum absolute atomic E-state index is 4.13. The van der Waals surface area contributed by atoms with E-state index in [2.05, 4.69) is 9.19 Å². The molecular formula is H3Na2S4Sb-. The van der Waals surface area contributed by atoms with Crippen LogP contribution in [0.2, 0.25) is 0 Å². The molecule has 0 rings (SSSR count). The Morgan fingerprint density at radius 2 is 0.714 bits per heavy atom. The molecule has 0 fully saturated rings. The van der Waals surface area contributed by atoms with E-state index < -0.39 is 0 Å². The second-order valence-corrected chi connectivity index (χ2v) is 0. The van der Waals surface area contributed by atoms with E-state index in [9.17, 15) is 0 Å². The molecule has 0 aromatic carbocycles. The van der Waals surface area contributed by atoms with Crippen LogP contribution in [0.5, 0.6) is 0 Å². The van der Waals surface area contributed by atoms with Gasteiger partial charge in [0, 0.05) is 0 Å². The van der Waals surface area contributed by atoms with Gasteiger partial charge < -0.3 is 40.5 Å². The second-order valence-electron chi connectivity index (χ2n) is 0. The van der Waals surface area contributed by atoms with Crippen molar-refractivity contribution >= 4 is 70.7 Å². The van der Waals surface area contributed by atoms with Gasteiger partial charge in [0.15, 0.2) is 0 Å². The molecule has 0 aliphatic heterocycles. The first-order valence-electron chi connectivity index (χ1n) is 0.183. The van der Waals surface area contributed by atoms with Crippen LogP contribution in [0.25, 0.3) is 0 Å². The van der Waals surface area contributed by atoms with Crippen molar-refractivity contribution < 1.29 is 59.1 Å². The summed E-state index contributed by atoms with van der Waals surface area (Å²) in [7, 11) is 4.13. The Balaban J connectivity index is -0.000000000500. The van der Waals surface area contributed by atoms with Gasteiger partial charge in [0.1, 0.15) is 0 Å². The van der Waals surface area contributed by atoms with Crippen molar-refractivity contribution in [2.45, 2.75) is 0 Å². The molecule has 0 nitrogen and oxygen atoms in total. The van der Waals surface area contributed by atoms with Crippen LogP contribution >= 0.6 is 9.19 Å². The van der Waals surface area contributed by atoms with Gasteiger partial charge in [0.05, 0.1) is 0 Å². The molecule has 0 heterocycles. The molecule has 0 aromatic heterocycles. The Hall–Kier alpha value is 4.09. The van der Waals surface area contributed by atoms with E-state index in [4.69, 9.17) is 0 Å². The average molecular weight is 299 g/mol. The molecule has 35 valence electrons. The van der Waals surface area contributed by atoms with E-state index in [-0.39, 0.29) is 99.6 Å². The third kappa shape index (κ3) is 39.5. The molecule has 0 aliphatic carbocycles. The molecule has 0 spiro atoms. The van der Waals surface area contributed by atoms with Crippen molar-refractivity contribution in [1.29, 1.82) is 0 Å². The first-order chi connectivity index (χ1) is 1.00. The van der Waals surface area contributed by atoms with Crippen molar-refractivity contribution in [1.82, 2.24) is 0 Å². The molecule has 0 saturated heterocycles. The van der Waals surface area contributed by atoms with E-state index >= 15 is 0 Å². The van der Waals surface area contributed by atoms with Crippen LogP contribution < -0.4 is 59.1 Å². The molecule has 0 amide bonds. The van der Waals surface area contributed by atoms with E-state index in [1.165, 1.54) is 21.1 Å². The molecule has 0 aliphatic rings. The zero-order valence-electron chi connectivity index (χ0n) is 4.20. The Kier molecular flexibility index (Phi) is 310. The van der Waals surface area contributed by atoms with Gasteiger partial charge in [-0.25, -0.2) is 0 Å². The van der Waals surface area contributed by atoms with Crippen LogP contribution in [0, 0.1) is 0 Å². The molecule has 0 saturated carbocycles. The van der Waals surface area contributed by atoms with Crippen molar-refractivity contribution in [3.8, 4) is 0 Å². The summed E-state index contributed by atoms with van der Waals surface area (Å²) in [6.45, 7) is 0. The summed E-state index contributed by atoms with van der Waals surface area (Å²) < 4.78 is 0. The number of thiol groups is 3. The van der Waals surface area contributed by atoms with E-state index in [0.717, 1.165) is 0 Å². The first kappa shape index (κ1) is 43.6. The summed E-state index contributed by atoms with van der Waals surface area (Å²) in [6.07, 6.45) is 0. The van der Waals surface area contributed by atoms with Crippen LogP contribution in [-0.4, -0.2) is 21.1 Å². The van der Waals surface area contributed by atoms with E-state index in [1.54, 1.807) is 0 Å². The average Bonchev–Trinajstić information content (AvgIpc) is 1.00. The predicted octanol–water partition coefficient (Wildman–Crippen LogP) is -6.53. The summed E-state index contributed by atoms with van der Waals surface area (Å²) in [5.74, 6) is 0. The first-order valence-corrected chi connectivity index (χ1v) is 3.67. The SMILES string of the molecule is [Na+].[Na+].[SH-].[SH-].[SH-].[S]=[Sb]. The maximum atomic E-state index is 4.13. The van der Waals surface area contributed by atoms with Crippen molar-refractivity contribution in [3.05, 3.63) is 0 Å². The van der Waals surface area contributed by atoms with Crippen LogP contribution in [0.15, 0.2) is 0 Å². The molecule has 7 heteroatoms. The van der Waals surface area contributed by atoms with Crippen molar-refractivity contribution in [2.75, 3.05) is 0 Å². The topological polar surface area (TPSA) is 0 Å². The van der Waals surface area contributed by atoms with Gasteiger partial charge in [-0.15, -0.1) is 0 Å². The standard InChI is InChI=1S/2Na.3H2S.S.Sb/h;;3*1H2;;/q2*+1;;;;;/p-3. The third-order valence-corrected chi connectivity index (χ3v) is 0. The van der Waals surface area contributed by atoms with E-state index in [0.29, 0.717) is 0 Å². The minimum absolute atomic E-state index is 0. The van der Waals surface area contributed by atoms with Gasteiger partial charge in [0.2, 0.25) is 0 Å². The van der Waals surface area contributed by atoms with Gasteiger partial charge >= 0.3 is 89.4 Å². The normalized spacial score (nSPS) is 0.571. The fraction of sp³-hybridized carbons (Fsp3) is 0. The molecule has 0 atom stereocenters. The fourth-order valence-electron chi connectivity index (χ4n) is 0. The molecule has 7 heavy (non-hydrogen) atoms. The summed E-state index contributed by atoms with van der Waals surface area (Å²) in [5.41, 5.74) is 0. The van der Waals surface area contributed by atoms with Gasteiger partial charge in [-0.3, -0.25) is 0 Å². The second kappa shape index (κ2) is 49.9. The zero-order valence-corrected chi connectivity index (χ0v) is 14.2. The fourth-order valence-corrected chi connectivity index (χ4v) is 0. The summed E-state index contributed by atoms with van der Waals surface area (Å²) in [6, 6.07) is 0. The van der Waals surface area contributed by atoms with Crippen molar-refractivity contribution in [3.63, 3.8) is 0 Å². The van der Waals surface area contributed by atoms with Gasteiger partial charge in [-0.05, 0) is 0 Å². The summed E-state index contributed by atoms with van der Waals surface area (Å²) in [5, 5.41) is 0. The molecule has 0 aromatic rings. The van der Waals surface area contributed by atoms with Gasteiger partial charge in [-0.2, -0.15) is 0 Å². The van der Waals surface area contributed by atoms with E-state index in [1.807, 2.05) is 0 Å². The minimum atomic E-state index is 0. The van der Waals surface area contributed by atoms with Crippen LogP contribution in [0.3, 0.4) is 0 Å². The molecule has 0 bridgehead atoms. The van der Waals surface area contributed by atoms with Crippen LogP contribution in [0.4, 0.5) is 0 Å².